The van der Waals surface area contributed by atoms with Crippen molar-refractivity contribution in [2.45, 2.75) is 12.8 Å². The zero-order valence-electron chi connectivity index (χ0n) is 15.5. The van der Waals surface area contributed by atoms with Gasteiger partial charge < -0.3 is 10.2 Å². The Morgan fingerprint density at radius 2 is 1.86 bits per heavy atom. The molecule has 0 saturated carbocycles. The number of rotatable bonds is 5. The molecule has 0 bridgehead atoms. The van der Waals surface area contributed by atoms with Gasteiger partial charge in [0.15, 0.2) is 11.6 Å². The van der Waals surface area contributed by atoms with Gasteiger partial charge in [0.25, 0.3) is 5.69 Å². The highest BCUT2D eigenvalue weighted by atomic mass is 16.6. The highest BCUT2D eigenvalue weighted by molar-refractivity contribution is 5.93. The van der Waals surface area contributed by atoms with E-state index in [-0.39, 0.29) is 17.5 Å². The minimum absolute atomic E-state index is 0.0465. The summed E-state index contributed by atoms with van der Waals surface area (Å²) in [5.74, 6) is 1.13. The molecule has 0 unspecified atom stereocenters. The fraction of sp³-hybridized carbons (Fsp3) is 0.263. The monoisotopic (exact) mass is 393 g/mol. The van der Waals surface area contributed by atoms with Gasteiger partial charge in [-0.05, 0) is 37.1 Å². The van der Waals surface area contributed by atoms with E-state index in [4.69, 9.17) is 0 Å². The predicted octanol–water partition coefficient (Wildman–Crippen LogP) is 2.43. The van der Waals surface area contributed by atoms with E-state index in [1.54, 1.807) is 29.2 Å². The van der Waals surface area contributed by atoms with E-state index in [1.807, 2.05) is 18.2 Å². The number of amides is 1. The molecule has 1 aliphatic heterocycles. The normalized spacial score (nSPS) is 14.6. The first-order valence-corrected chi connectivity index (χ1v) is 9.24. The van der Waals surface area contributed by atoms with Crippen molar-refractivity contribution in [3.8, 4) is 5.82 Å². The van der Waals surface area contributed by atoms with Crippen molar-refractivity contribution < 1.29 is 9.72 Å². The lowest BCUT2D eigenvalue weighted by molar-refractivity contribution is -0.384. The Morgan fingerprint density at radius 3 is 2.52 bits per heavy atom. The van der Waals surface area contributed by atoms with Crippen LogP contribution in [0.4, 0.5) is 17.2 Å². The standard InChI is InChI=1S/C19H19N7O3/c27-19(21-15-3-1-4-16(13-15)26(28)29)14-7-11-24(12-8-14)17-5-6-18(23-22-17)25-10-2-9-20-25/h1-6,9-10,13-14H,7-8,11-12H2,(H,21,27). The smallest absolute Gasteiger partial charge is 0.271 e. The lowest BCUT2D eigenvalue weighted by atomic mass is 9.96. The van der Waals surface area contributed by atoms with Crippen LogP contribution in [0.3, 0.4) is 0 Å². The zero-order valence-corrected chi connectivity index (χ0v) is 15.5. The average molecular weight is 393 g/mol. The number of nitro benzene ring substituents is 1. The van der Waals surface area contributed by atoms with Crippen LogP contribution in [-0.2, 0) is 4.79 Å². The number of piperidine rings is 1. The summed E-state index contributed by atoms with van der Waals surface area (Å²) < 4.78 is 1.64. The van der Waals surface area contributed by atoms with Crippen molar-refractivity contribution in [3.63, 3.8) is 0 Å². The Kier molecular flexibility index (Phi) is 5.14. The van der Waals surface area contributed by atoms with Gasteiger partial charge in [0.05, 0.1) is 4.92 Å². The molecule has 1 aliphatic rings. The molecule has 1 aromatic carbocycles. The number of nitrogens with one attached hydrogen (secondary N) is 1. The maximum Gasteiger partial charge on any atom is 0.271 e. The molecule has 10 nitrogen and oxygen atoms in total. The van der Waals surface area contributed by atoms with Crippen LogP contribution in [0.15, 0.2) is 54.9 Å². The number of nitro groups is 1. The van der Waals surface area contributed by atoms with Crippen LogP contribution in [0.25, 0.3) is 5.82 Å². The summed E-state index contributed by atoms with van der Waals surface area (Å²) in [5, 5.41) is 26.3. The molecule has 10 heteroatoms. The van der Waals surface area contributed by atoms with E-state index in [1.165, 1.54) is 12.1 Å². The molecule has 4 rings (SSSR count). The third kappa shape index (κ3) is 4.21. The third-order valence-corrected chi connectivity index (χ3v) is 4.89. The largest absolute Gasteiger partial charge is 0.355 e. The number of non-ortho nitro benzene ring substituents is 1. The van der Waals surface area contributed by atoms with Gasteiger partial charge in [0.1, 0.15) is 0 Å². The van der Waals surface area contributed by atoms with E-state index in [2.05, 4.69) is 25.5 Å². The van der Waals surface area contributed by atoms with Gasteiger partial charge in [0, 0.05) is 49.2 Å². The Balaban J connectivity index is 1.33. The number of benzene rings is 1. The predicted molar refractivity (Wildman–Crippen MR) is 106 cm³/mol. The van der Waals surface area contributed by atoms with Crippen LogP contribution >= 0.6 is 0 Å². The van der Waals surface area contributed by atoms with E-state index in [9.17, 15) is 14.9 Å². The molecular weight excluding hydrogens is 374 g/mol. The summed E-state index contributed by atoms with van der Waals surface area (Å²) in [4.78, 5) is 25.0. The van der Waals surface area contributed by atoms with Gasteiger partial charge in [-0.3, -0.25) is 14.9 Å². The molecule has 0 radical (unpaired) electrons. The number of carbonyl (C=O) groups is 1. The summed E-state index contributed by atoms with van der Waals surface area (Å²) in [7, 11) is 0. The van der Waals surface area contributed by atoms with Gasteiger partial charge in [-0.25, -0.2) is 4.68 Å². The number of nitrogens with zero attached hydrogens (tertiary/aromatic N) is 6. The maximum absolute atomic E-state index is 12.5. The van der Waals surface area contributed by atoms with E-state index >= 15 is 0 Å². The number of carbonyl (C=O) groups excluding carboxylic acids is 1. The van der Waals surface area contributed by atoms with Crippen LogP contribution in [0.1, 0.15) is 12.8 Å². The molecule has 1 saturated heterocycles. The van der Waals surface area contributed by atoms with Crippen molar-refractivity contribution in [2.24, 2.45) is 5.92 Å². The van der Waals surface area contributed by atoms with Crippen molar-refractivity contribution in [1.82, 2.24) is 20.0 Å². The molecule has 2 aromatic heterocycles. The van der Waals surface area contributed by atoms with E-state index in [0.29, 0.717) is 37.4 Å². The maximum atomic E-state index is 12.5. The molecular formula is C19H19N7O3. The summed E-state index contributed by atoms with van der Waals surface area (Å²) >= 11 is 0. The molecule has 0 atom stereocenters. The first-order chi connectivity index (χ1) is 14.1. The van der Waals surface area contributed by atoms with Gasteiger partial charge in [-0.2, -0.15) is 5.10 Å². The topological polar surface area (TPSA) is 119 Å². The van der Waals surface area contributed by atoms with Gasteiger partial charge in [-0.15, -0.1) is 10.2 Å². The quantitative estimate of drug-likeness (QED) is 0.522. The summed E-state index contributed by atoms with van der Waals surface area (Å²) in [6.07, 6.45) is 4.82. The molecule has 1 amide bonds. The Morgan fingerprint density at radius 1 is 1.10 bits per heavy atom. The second-order valence-corrected chi connectivity index (χ2v) is 6.76. The summed E-state index contributed by atoms with van der Waals surface area (Å²) in [5.41, 5.74) is 0.390. The number of hydrogen-bond donors (Lipinski definition) is 1. The van der Waals surface area contributed by atoms with E-state index < -0.39 is 4.92 Å². The van der Waals surface area contributed by atoms with Crippen LogP contribution in [0, 0.1) is 16.0 Å². The van der Waals surface area contributed by atoms with E-state index in [0.717, 1.165) is 5.82 Å². The van der Waals surface area contributed by atoms with Crippen LogP contribution in [0.2, 0.25) is 0 Å². The average Bonchev–Trinajstić information content (AvgIpc) is 3.29. The molecule has 29 heavy (non-hydrogen) atoms. The van der Waals surface area contributed by atoms with Crippen molar-refractivity contribution in [1.29, 1.82) is 0 Å². The van der Waals surface area contributed by atoms with Crippen LogP contribution in [0.5, 0.6) is 0 Å². The highest BCUT2D eigenvalue weighted by Gasteiger charge is 2.26. The first-order valence-electron chi connectivity index (χ1n) is 9.24. The lowest BCUT2D eigenvalue weighted by Gasteiger charge is -2.31. The third-order valence-electron chi connectivity index (χ3n) is 4.89. The molecule has 1 fully saturated rings. The van der Waals surface area contributed by atoms with Crippen LogP contribution in [-0.4, -0.2) is 43.9 Å². The number of anilines is 2. The second-order valence-electron chi connectivity index (χ2n) is 6.76. The fourth-order valence-corrected chi connectivity index (χ4v) is 3.33. The minimum atomic E-state index is -0.479. The number of hydrogen-bond acceptors (Lipinski definition) is 7. The van der Waals surface area contributed by atoms with Gasteiger partial charge >= 0.3 is 0 Å². The van der Waals surface area contributed by atoms with Crippen LogP contribution < -0.4 is 10.2 Å². The summed E-state index contributed by atoms with van der Waals surface area (Å²) in [6.45, 7) is 1.37. The van der Waals surface area contributed by atoms with Crippen molar-refractivity contribution in [2.75, 3.05) is 23.3 Å². The Bertz CT molecular complexity index is 997. The SMILES string of the molecule is O=C(Nc1cccc([N+](=O)[O-])c1)C1CCN(c2ccc(-n3cccn3)nn2)CC1. The summed E-state index contributed by atoms with van der Waals surface area (Å²) in [6, 6.07) is 11.5. The van der Waals surface area contributed by atoms with Gasteiger partial charge in [-0.1, -0.05) is 6.07 Å². The Labute approximate surface area is 166 Å². The molecule has 0 spiro atoms. The molecule has 3 aromatic rings. The van der Waals surface area contributed by atoms with Crippen molar-refractivity contribution in [3.05, 3.63) is 65.0 Å². The lowest BCUT2D eigenvalue weighted by Crippen LogP contribution is -2.38. The second kappa shape index (κ2) is 8.05. The fourth-order valence-electron chi connectivity index (χ4n) is 3.33. The highest BCUT2D eigenvalue weighted by Crippen LogP contribution is 2.24. The minimum Gasteiger partial charge on any atom is -0.355 e. The Hall–Kier alpha value is -3.82. The molecule has 148 valence electrons. The van der Waals surface area contributed by atoms with Gasteiger partial charge in [0.2, 0.25) is 5.91 Å². The number of aromatic nitrogens is 4. The first kappa shape index (κ1) is 18.5. The molecule has 3 heterocycles. The molecule has 1 N–H and O–H groups in total. The molecule has 0 aliphatic carbocycles. The zero-order chi connectivity index (χ0) is 20.2. The van der Waals surface area contributed by atoms with Crippen molar-refractivity contribution >= 4 is 23.1 Å².